The summed E-state index contributed by atoms with van der Waals surface area (Å²) in [5, 5.41) is 5.11. The molecule has 2 amide bonds. The Morgan fingerprint density at radius 1 is 0.857 bits per heavy atom. The van der Waals surface area contributed by atoms with Gasteiger partial charge in [0.2, 0.25) is 0 Å². The van der Waals surface area contributed by atoms with Gasteiger partial charge in [-0.2, -0.15) is 0 Å². The van der Waals surface area contributed by atoms with E-state index in [0.29, 0.717) is 27.0 Å². The van der Waals surface area contributed by atoms with Gasteiger partial charge in [-0.3, -0.25) is 14.6 Å². The van der Waals surface area contributed by atoms with Crippen LogP contribution in [0.1, 0.15) is 51.3 Å². The number of nitrogens with zero attached hydrogens (tertiary/aromatic N) is 2. The highest BCUT2D eigenvalue weighted by atomic mass is 35.5. The molecule has 2 aromatic heterocycles. The van der Waals surface area contributed by atoms with Crippen LogP contribution in [-0.4, -0.2) is 33.8 Å². The van der Waals surface area contributed by atoms with Crippen LogP contribution < -0.4 is 5.32 Å². The Morgan fingerprint density at radius 3 is 2.38 bits per heavy atom. The largest absolute Gasteiger partial charge is 0.349 e. The van der Waals surface area contributed by atoms with Gasteiger partial charge in [0.05, 0.1) is 5.02 Å². The maximum atomic E-state index is 14.2. The summed E-state index contributed by atoms with van der Waals surface area (Å²) in [6, 6.07) is 27.2. The second kappa shape index (κ2) is 12.7. The molecule has 5 aromatic rings. The van der Waals surface area contributed by atoms with Crippen LogP contribution in [-0.2, 0) is 6.54 Å². The summed E-state index contributed by atoms with van der Waals surface area (Å²) in [5.41, 5.74) is 3.75. The Hall–Kier alpha value is -3.71. The first-order chi connectivity index (χ1) is 20.5. The molecule has 2 heterocycles. The molecule has 212 valence electrons. The molecule has 0 aliphatic heterocycles. The summed E-state index contributed by atoms with van der Waals surface area (Å²) in [5.74, 6) is -0.180. The second-order valence-corrected chi connectivity index (χ2v) is 12.5. The number of carbonyl (C=O) groups is 2. The Morgan fingerprint density at radius 2 is 1.62 bits per heavy atom. The van der Waals surface area contributed by atoms with E-state index in [4.69, 9.17) is 23.2 Å². The zero-order valence-electron chi connectivity index (χ0n) is 22.8. The lowest BCUT2D eigenvalue weighted by atomic mass is 9.89. The normalized spacial score (nSPS) is 16.7. The van der Waals surface area contributed by atoms with Crippen molar-refractivity contribution in [2.24, 2.45) is 0 Å². The summed E-state index contributed by atoms with van der Waals surface area (Å²) in [7, 11) is 0. The van der Waals surface area contributed by atoms with E-state index in [1.807, 2.05) is 47.4 Å². The molecule has 3 aromatic carbocycles. The highest BCUT2D eigenvalue weighted by molar-refractivity contribution is 7.21. The smallest absolute Gasteiger partial charge is 0.266 e. The number of thiophene rings is 1. The summed E-state index contributed by atoms with van der Waals surface area (Å²) in [6.45, 7) is 0.465. The average Bonchev–Trinajstić information content (AvgIpc) is 3.37. The lowest BCUT2D eigenvalue weighted by Crippen LogP contribution is -2.45. The molecule has 6 rings (SSSR count). The first kappa shape index (κ1) is 28.4. The molecule has 0 saturated heterocycles. The zero-order valence-corrected chi connectivity index (χ0v) is 25.1. The third-order valence-corrected chi connectivity index (χ3v) is 9.74. The maximum Gasteiger partial charge on any atom is 0.266 e. The molecule has 0 unspecified atom stereocenters. The number of fused-ring (bicyclic) bond motifs is 1. The number of aromatic nitrogens is 1. The van der Waals surface area contributed by atoms with Gasteiger partial charge in [0.1, 0.15) is 4.88 Å². The van der Waals surface area contributed by atoms with Crippen LogP contribution in [0.25, 0.3) is 21.2 Å². The van der Waals surface area contributed by atoms with Crippen molar-refractivity contribution in [1.82, 2.24) is 15.2 Å². The van der Waals surface area contributed by atoms with Crippen molar-refractivity contribution < 1.29 is 9.59 Å². The van der Waals surface area contributed by atoms with Crippen molar-refractivity contribution in [3.63, 3.8) is 0 Å². The van der Waals surface area contributed by atoms with E-state index in [1.165, 1.54) is 11.3 Å². The van der Waals surface area contributed by atoms with Gasteiger partial charge in [0, 0.05) is 51.7 Å². The number of pyridine rings is 1. The van der Waals surface area contributed by atoms with Gasteiger partial charge in [-0.1, -0.05) is 65.7 Å². The molecule has 1 N–H and O–H groups in total. The topological polar surface area (TPSA) is 62.3 Å². The van der Waals surface area contributed by atoms with Crippen LogP contribution in [0.2, 0.25) is 10.0 Å². The van der Waals surface area contributed by atoms with E-state index in [-0.39, 0.29) is 23.9 Å². The standard InChI is InChI=1S/C34H29Cl2N3O2S/c35-26-8-4-7-25(20-26)33(40)38-27-11-13-28(14-12-27)39(34(41)32-31(36)29-9-1-2-10-30(29)42-32)21-22-5-3-6-24(19-22)23-15-17-37-18-16-23/h1-10,15-20,27-28H,11-14,21H2,(H,38,40). The molecule has 1 aliphatic carbocycles. The van der Waals surface area contributed by atoms with Crippen LogP contribution in [0, 0.1) is 0 Å². The van der Waals surface area contributed by atoms with Gasteiger partial charge in [-0.15, -0.1) is 11.3 Å². The SMILES string of the molecule is O=C(NC1CCC(N(Cc2cccc(-c3ccncc3)c2)C(=O)c2sc3ccccc3c2Cl)CC1)c1cccc(Cl)c1. The van der Waals surface area contributed by atoms with Crippen molar-refractivity contribution in [2.75, 3.05) is 0 Å². The van der Waals surface area contributed by atoms with Crippen molar-refractivity contribution in [1.29, 1.82) is 0 Å². The quantitative estimate of drug-likeness (QED) is 0.200. The molecule has 0 radical (unpaired) electrons. The van der Waals surface area contributed by atoms with Gasteiger partial charge < -0.3 is 10.2 Å². The highest BCUT2D eigenvalue weighted by Gasteiger charge is 2.32. The van der Waals surface area contributed by atoms with E-state index in [2.05, 4.69) is 28.5 Å². The van der Waals surface area contributed by atoms with Crippen LogP contribution in [0.5, 0.6) is 0 Å². The van der Waals surface area contributed by atoms with Gasteiger partial charge >= 0.3 is 0 Å². The predicted molar refractivity (Wildman–Crippen MR) is 171 cm³/mol. The highest BCUT2D eigenvalue weighted by Crippen LogP contribution is 2.37. The van der Waals surface area contributed by atoms with Gasteiger partial charge in [-0.25, -0.2) is 0 Å². The first-order valence-electron chi connectivity index (χ1n) is 14.0. The van der Waals surface area contributed by atoms with Crippen molar-refractivity contribution >= 4 is 56.4 Å². The molecule has 1 fully saturated rings. The van der Waals surface area contributed by atoms with Crippen molar-refractivity contribution in [3.8, 4) is 11.1 Å². The van der Waals surface area contributed by atoms with Crippen LogP contribution in [0.15, 0.2) is 97.3 Å². The van der Waals surface area contributed by atoms with Crippen molar-refractivity contribution in [2.45, 2.75) is 44.3 Å². The Balaban J connectivity index is 1.24. The maximum absolute atomic E-state index is 14.2. The van der Waals surface area contributed by atoms with Gasteiger partial charge in [0.15, 0.2) is 0 Å². The van der Waals surface area contributed by atoms with E-state index in [1.54, 1.807) is 36.7 Å². The molecule has 8 heteroatoms. The molecule has 0 spiro atoms. The third kappa shape index (κ3) is 6.21. The van der Waals surface area contributed by atoms with E-state index in [0.717, 1.165) is 52.5 Å². The molecule has 0 atom stereocenters. The molecule has 42 heavy (non-hydrogen) atoms. The fourth-order valence-corrected chi connectivity index (χ4v) is 7.33. The number of hydrogen-bond acceptors (Lipinski definition) is 4. The summed E-state index contributed by atoms with van der Waals surface area (Å²) < 4.78 is 0.998. The third-order valence-electron chi connectivity index (χ3n) is 7.84. The fraction of sp³-hybridized carbons (Fsp3) is 0.206. The Labute approximate surface area is 259 Å². The predicted octanol–water partition coefficient (Wildman–Crippen LogP) is 8.65. The van der Waals surface area contributed by atoms with Crippen LogP contribution in [0.4, 0.5) is 0 Å². The molecule has 5 nitrogen and oxygen atoms in total. The van der Waals surface area contributed by atoms with Gasteiger partial charge in [0.25, 0.3) is 11.8 Å². The number of nitrogens with one attached hydrogen (secondary N) is 1. The Bertz CT molecular complexity index is 1730. The van der Waals surface area contributed by atoms with E-state index >= 15 is 0 Å². The number of rotatable bonds is 7. The molecular weight excluding hydrogens is 585 g/mol. The first-order valence-corrected chi connectivity index (χ1v) is 15.6. The number of hydrogen-bond donors (Lipinski definition) is 1. The second-order valence-electron chi connectivity index (χ2n) is 10.6. The minimum Gasteiger partial charge on any atom is -0.349 e. The fourth-order valence-electron chi connectivity index (χ4n) is 5.67. The number of benzene rings is 3. The van der Waals surface area contributed by atoms with Crippen molar-refractivity contribution in [3.05, 3.63) is 123 Å². The lowest BCUT2D eigenvalue weighted by molar-refractivity contribution is 0.0597. The molecule has 1 aliphatic rings. The summed E-state index contributed by atoms with van der Waals surface area (Å²) >= 11 is 14.3. The summed E-state index contributed by atoms with van der Waals surface area (Å²) in [4.78, 5) is 33.8. The minimum atomic E-state index is -0.126. The van der Waals surface area contributed by atoms with Gasteiger partial charge in [-0.05, 0) is 84.8 Å². The monoisotopic (exact) mass is 613 g/mol. The number of carbonyl (C=O) groups excluding carboxylic acids is 2. The number of amides is 2. The zero-order chi connectivity index (χ0) is 29.1. The van der Waals surface area contributed by atoms with Crippen LogP contribution in [0.3, 0.4) is 0 Å². The van der Waals surface area contributed by atoms with E-state index < -0.39 is 0 Å². The van der Waals surface area contributed by atoms with E-state index in [9.17, 15) is 9.59 Å². The average molecular weight is 615 g/mol. The number of halogens is 2. The minimum absolute atomic E-state index is 0.0164. The molecular formula is C34H29Cl2N3O2S. The van der Waals surface area contributed by atoms with Crippen LogP contribution >= 0.6 is 34.5 Å². The Kier molecular flexibility index (Phi) is 8.56. The lowest BCUT2D eigenvalue weighted by Gasteiger charge is -2.37. The molecule has 1 saturated carbocycles. The summed E-state index contributed by atoms with van der Waals surface area (Å²) in [6.07, 6.45) is 6.67. The molecule has 0 bridgehead atoms.